The Morgan fingerprint density at radius 3 is 2.43 bits per heavy atom. The summed E-state index contributed by atoms with van der Waals surface area (Å²) in [6.45, 7) is 2.40. The summed E-state index contributed by atoms with van der Waals surface area (Å²) in [6.07, 6.45) is 1.18. The zero-order valence-corrected chi connectivity index (χ0v) is 15.9. The minimum absolute atomic E-state index is 0.00929. The van der Waals surface area contributed by atoms with E-state index < -0.39 is 11.9 Å². The fraction of sp³-hybridized carbons (Fsp3) is 0.455. The molecule has 0 aromatic heterocycles. The van der Waals surface area contributed by atoms with Gasteiger partial charge in [-0.3, -0.25) is 4.90 Å². The van der Waals surface area contributed by atoms with Crippen LogP contribution < -0.4 is 9.47 Å². The van der Waals surface area contributed by atoms with E-state index in [1.807, 2.05) is 0 Å². The van der Waals surface area contributed by atoms with Crippen LogP contribution in [0.5, 0.6) is 17.2 Å². The molecule has 1 aliphatic carbocycles. The van der Waals surface area contributed by atoms with Crippen LogP contribution in [0.1, 0.15) is 24.5 Å². The van der Waals surface area contributed by atoms with Crippen molar-refractivity contribution in [1.82, 2.24) is 4.90 Å². The average molecular weight is 387 g/mol. The van der Waals surface area contributed by atoms with Crippen molar-refractivity contribution < 1.29 is 24.1 Å². The van der Waals surface area contributed by atoms with Crippen LogP contribution in [-0.4, -0.2) is 48.0 Å². The van der Waals surface area contributed by atoms with Gasteiger partial charge in [0.1, 0.15) is 5.75 Å². The molecule has 0 bridgehead atoms. The number of β-amino-alcohol motifs (C(OH)–C–C–N with tert-alkyl or cyclic N) is 1. The second-order valence-corrected chi connectivity index (χ2v) is 7.83. The van der Waals surface area contributed by atoms with Crippen LogP contribution in [0.2, 0.25) is 0 Å². The van der Waals surface area contributed by atoms with E-state index in [9.17, 15) is 14.6 Å². The first-order valence-corrected chi connectivity index (χ1v) is 9.72. The van der Waals surface area contributed by atoms with Crippen molar-refractivity contribution in [2.24, 2.45) is 11.8 Å². The molecule has 1 saturated heterocycles. The molecule has 1 saturated carbocycles. The number of hydrogen-bond donors (Lipinski definition) is 2. The van der Waals surface area contributed by atoms with E-state index >= 15 is 0 Å². The highest BCUT2D eigenvalue weighted by molar-refractivity contribution is 5.41. The largest absolute Gasteiger partial charge is 0.508 e. The highest BCUT2D eigenvalue weighted by atomic mass is 19.1. The number of para-hydroxylation sites is 1. The zero-order valence-electron chi connectivity index (χ0n) is 15.9. The van der Waals surface area contributed by atoms with E-state index in [4.69, 9.17) is 9.47 Å². The Labute approximate surface area is 164 Å². The van der Waals surface area contributed by atoms with Crippen LogP contribution in [0.25, 0.3) is 0 Å². The van der Waals surface area contributed by atoms with Gasteiger partial charge in [-0.05, 0) is 54.5 Å². The summed E-state index contributed by atoms with van der Waals surface area (Å²) in [4.78, 5) is 2.28. The summed E-state index contributed by atoms with van der Waals surface area (Å²) < 4.78 is 25.3. The molecule has 2 fully saturated rings. The van der Waals surface area contributed by atoms with Gasteiger partial charge >= 0.3 is 0 Å². The van der Waals surface area contributed by atoms with Crippen LogP contribution in [0.3, 0.4) is 0 Å². The predicted molar refractivity (Wildman–Crippen MR) is 103 cm³/mol. The molecule has 0 spiro atoms. The third kappa shape index (κ3) is 3.93. The number of nitrogens with zero attached hydrogens (tertiary/aromatic N) is 1. The summed E-state index contributed by atoms with van der Waals surface area (Å²) >= 11 is 0. The normalized spacial score (nSPS) is 25.5. The number of fused-ring (bicyclic) bond motifs is 1. The Hall–Kier alpha value is -2.31. The second kappa shape index (κ2) is 7.97. The number of aromatic hydroxyl groups is 1. The Kier molecular flexibility index (Phi) is 5.42. The van der Waals surface area contributed by atoms with Gasteiger partial charge in [0.2, 0.25) is 0 Å². The smallest absolute Gasteiger partial charge is 0.197 e. The monoisotopic (exact) mass is 387 g/mol. The number of benzene rings is 2. The molecule has 0 radical (unpaired) electrons. The molecule has 4 rings (SSSR count). The third-order valence-corrected chi connectivity index (χ3v) is 5.93. The molecule has 2 unspecified atom stereocenters. The Morgan fingerprint density at radius 1 is 1.11 bits per heavy atom. The molecule has 150 valence electrons. The van der Waals surface area contributed by atoms with Crippen molar-refractivity contribution in [3.05, 3.63) is 53.8 Å². The van der Waals surface area contributed by atoms with Crippen molar-refractivity contribution >= 4 is 0 Å². The Bertz CT molecular complexity index is 799. The number of methoxy groups -OCH3 is 1. The van der Waals surface area contributed by atoms with Gasteiger partial charge in [-0.25, -0.2) is 4.39 Å². The standard InChI is InChI=1S/C22H26FNO4/c1-27-21-4-2-3-19(23)22(21)28-18-9-15-11-24(12-16(15)10-18)13-20(26)14-5-7-17(25)8-6-14/h2-8,15-16,18,20,25-26H,9-13H2,1H3/t15-,16+,18?,20?. The third-order valence-electron chi connectivity index (χ3n) is 5.93. The number of halogens is 1. The van der Waals surface area contributed by atoms with Crippen LogP contribution in [0, 0.1) is 17.7 Å². The molecule has 4 atom stereocenters. The fourth-order valence-electron chi connectivity index (χ4n) is 4.56. The summed E-state index contributed by atoms with van der Waals surface area (Å²) in [6, 6.07) is 11.4. The van der Waals surface area contributed by atoms with Gasteiger partial charge < -0.3 is 19.7 Å². The lowest BCUT2D eigenvalue weighted by molar-refractivity contribution is 0.115. The van der Waals surface area contributed by atoms with Crippen LogP contribution in [0.15, 0.2) is 42.5 Å². The van der Waals surface area contributed by atoms with Crippen molar-refractivity contribution in [3.8, 4) is 17.2 Å². The first-order valence-electron chi connectivity index (χ1n) is 9.72. The molecular formula is C22H26FNO4. The maximum absolute atomic E-state index is 14.1. The molecule has 2 N–H and O–H groups in total. The van der Waals surface area contributed by atoms with Gasteiger partial charge in [0.15, 0.2) is 17.3 Å². The topological polar surface area (TPSA) is 62.2 Å². The fourth-order valence-corrected chi connectivity index (χ4v) is 4.56. The molecule has 2 aromatic rings. The van der Waals surface area contributed by atoms with E-state index in [2.05, 4.69) is 4.90 Å². The molecule has 2 aliphatic rings. The minimum Gasteiger partial charge on any atom is -0.508 e. The summed E-state index contributed by atoms with van der Waals surface area (Å²) in [5, 5.41) is 19.8. The van der Waals surface area contributed by atoms with Crippen LogP contribution >= 0.6 is 0 Å². The van der Waals surface area contributed by atoms with Gasteiger partial charge in [0, 0.05) is 19.6 Å². The molecule has 6 heteroatoms. The van der Waals surface area contributed by atoms with Gasteiger partial charge in [0.05, 0.1) is 19.3 Å². The minimum atomic E-state index is -0.575. The van der Waals surface area contributed by atoms with Crippen molar-refractivity contribution in [2.75, 3.05) is 26.7 Å². The van der Waals surface area contributed by atoms with E-state index in [-0.39, 0.29) is 17.6 Å². The summed E-state index contributed by atoms with van der Waals surface area (Å²) in [5.41, 5.74) is 0.808. The van der Waals surface area contributed by atoms with Crippen LogP contribution in [0.4, 0.5) is 4.39 Å². The summed E-state index contributed by atoms with van der Waals surface area (Å²) in [5.74, 6) is 1.43. The van der Waals surface area contributed by atoms with Crippen LogP contribution in [-0.2, 0) is 0 Å². The van der Waals surface area contributed by atoms with Gasteiger partial charge in [-0.1, -0.05) is 18.2 Å². The lowest BCUT2D eigenvalue weighted by Crippen LogP contribution is -2.29. The maximum Gasteiger partial charge on any atom is 0.197 e. The lowest BCUT2D eigenvalue weighted by Gasteiger charge is -2.23. The first kappa shape index (κ1) is 19.0. The number of phenolic OH excluding ortho intramolecular Hbond substituents is 1. The molecule has 0 amide bonds. The Morgan fingerprint density at radius 2 is 1.79 bits per heavy atom. The van der Waals surface area contributed by atoms with Gasteiger partial charge in [-0.15, -0.1) is 0 Å². The van der Waals surface area contributed by atoms with Crippen molar-refractivity contribution in [2.45, 2.75) is 25.0 Å². The highest BCUT2D eigenvalue weighted by Crippen LogP contribution is 2.42. The molecule has 1 heterocycles. The molecule has 2 aromatic carbocycles. The Balaban J connectivity index is 1.32. The number of likely N-dealkylation sites (tertiary alicyclic amines) is 1. The number of hydrogen-bond acceptors (Lipinski definition) is 5. The van der Waals surface area contributed by atoms with Gasteiger partial charge in [-0.2, -0.15) is 0 Å². The SMILES string of the molecule is COc1cccc(F)c1OC1C[C@@H]2CN(CC(O)c3ccc(O)cc3)C[C@@H]2C1. The van der Waals surface area contributed by atoms with E-state index in [0.29, 0.717) is 24.1 Å². The number of phenols is 1. The number of ether oxygens (including phenoxy) is 2. The zero-order chi connectivity index (χ0) is 19.7. The quantitative estimate of drug-likeness (QED) is 0.796. The molecule has 1 aliphatic heterocycles. The molecular weight excluding hydrogens is 361 g/mol. The average Bonchev–Trinajstić information content (AvgIpc) is 3.21. The predicted octanol–water partition coefficient (Wildman–Crippen LogP) is 3.36. The second-order valence-electron chi connectivity index (χ2n) is 7.83. The molecule has 5 nitrogen and oxygen atoms in total. The number of rotatable bonds is 6. The van der Waals surface area contributed by atoms with E-state index in [0.717, 1.165) is 31.5 Å². The van der Waals surface area contributed by atoms with Gasteiger partial charge in [0.25, 0.3) is 0 Å². The molecule has 28 heavy (non-hydrogen) atoms. The summed E-state index contributed by atoms with van der Waals surface area (Å²) in [7, 11) is 1.52. The lowest BCUT2D eigenvalue weighted by atomic mass is 10.0. The first-order chi connectivity index (χ1) is 13.5. The maximum atomic E-state index is 14.1. The van der Waals surface area contributed by atoms with E-state index in [1.54, 1.807) is 36.4 Å². The van der Waals surface area contributed by atoms with Crippen molar-refractivity contribution in [3.63, 3.8) is 0 Å². The van der Waals surface area contributed by atoms with E-state index in [1.165, 1.54) is 13.2 Å². The van der Waals surface area contributed by atoms with Crippen molar-refractivity contribution in [1.29, 1.82) is 0 Å². The highest BCUT2D eigenvalue weighted by Gasteiger charge is 2.42. The number of aliphatic hydroxyl groups excluding tert-OH is 1. The number of aliphatic hydroxyl groups is 1.